The van der Waals surface area contributed by atoms with Crippen molar-refractivity contribution in [1.82, 2.24) is 5.16 Å². The standard InChI is InChI=1S/C6H8N2O3/c1-7-5-2-4(8-11-5)3-6(9)10/h2,7H,3H2,1H3,(H,9,10). The van der Waals surface area contributed by atoms with Crippen molar-refractivity contribution in [3.05, 3.63) is 11.8 Å². The van der Waals surface area contributed by atoms with Gasteiger partial charge in [-0.2, -0.15) is 0 Å². The average Bonchev–Trinajstić information content (AvgIpc) is 2.34. The molecule has 1 rings (SSSR count). The molecule has 0 aliphatic rings. The molecule has 0 fully saturated rings. The molecule has 0 unspecified atom stereocenters. The van der Waals surface area contributed by atoms with Gasteiger partial charge in [0.15, 0.2) is 0 Å². The molecule has 1 aromatic rings. The number of aromatic nitrogens is 1. The highest BCUT2D eigenvalue weighted by Gasteiger charge is 2.05. The maximum Gasteiger partial charge on any atom is 0.309 e. The molecule has 0 saturated heterocycles. The van der Waals surface area contributed by atoms with Crippen molar-refractivity contribution in [2.45, 2.75) is 6.42 Å². The number of anilines is 1. The Morgan fingerprint density at radius 1 is 1.91 bits per heavy atom. The minimum absolute atomic E-state index is 0.106. The molecule has 0 radical (unpaired) electrons. The van der Waals surface area contributed by atoms with Gasteiger partial charge in [0.25, 0.3) is 0 Å². The van der Waals surface area contributed by atoms with E-state index in [1.165, 1.54) is 0 Å². The molecule has 0 aromatic carbocycles. The summed E-state index contributed by atoms with van der Waals surface area (Å²) in [4.78, 5) is 10.2. The molecule has 0 aliphatic carbocycles. The smallest absolute Gasteiger partial charge is 0.309 e. The van der Waals surface area contributed by atoms with Crippen LogP contribution in [0.1, 0.15) is 5.69 Å². The minimum Gasteiger partial charge on any atom is -0.481 e. The second-order valence-electron chi connectivity index (χ2n) is 2.00. The Bertz CT molecular complexity index is 256. The quantitative estimate of drug-likeness (QED) is 0.660. The van der Waals surface area contributed by atoms with Crippen LogP contribution in [-0.4, -0.2) is 23.3 Å². The maximum atomic E-state index is 10.2. The van der Waals surface area contributed by atoms with Gasteiger partial charge in [0.2, 0.25) is 5.88 Å². The molecule has 0 amide bonds. The highest BCUT2D eigenvalue weighted by molar-refractivity contribution is 5.69. The lowest BCUT2D eigenvalue weighted by Crippen LogP contribution is -1.99. The first-order valence-corrected chi connectivity index (χ1v) is 3.07. The van der Waals surface area contributed by atoms with Crippen LogP contribution in [-0.2, 0) is 11.2 Å². The molecule has 0 atom stereocenters. The molecule has 0 spiro atoms. The van der Waals surface area contributed by atoms with E-state index in [9.17, 15) is 4.79 Å². The first-order chi connectivity index (χ1) is 5.22. The summed E-state index contributed by atoms with van der Waals surface area (Å²) in [6.07, 6.45) is -0.106. The van der Waals surface area contributed by atoms with Gasteiger partial charge in [0.05, 0.1) is 12.1 Å². The Labute approximate surface area is 63.0 Å². The molecule has 0 bridgehead atoms. The van der Waals surface area contributed by atoms with E-state index >= 15 is 0 Å². The monoisotopic (exact) mass is 156 g/mol. The zero-order valence-electron chi connectivity index (χ0n) is 6.00. The zero-order valence-corrected chi connectivity index (χ0v) is 6.00. The number of hydrogen-bond donors (Lipinski definition) is 2. The van der Waals surface area contributed by atoms with E-state index in [2.05, 4.69) is 10.5 Å². The minimum atomic E-state index is -0.916. The van der Waals surface area contributed by atoms with Crippen LogP contribution >= 0.6 is 0 Å². The van der Waals surface area contributed by atoms with E-state index in [4.69, 9.17) is 9.63 Å². The summed E-state index contributed by atoms with van der Waals surface area (Å²) in [6.45, 7) is 0. The molecule has 11 heavy (non-hydrogen) atoms. The highest BCUT2D eigenvalue weighted by Crippen LogP contribution is 2.08. The van der Waals surface area contributed by atoms with Crippen molar-refractivity contribution in [2.75, 3.05) is 12.4 Å². The van der Waals surface area contributed by atoms with Gasteiger partial charge in [-0.15, -0.1) is 0 Å². The third kappa shape index (κ3) is 1.96. The largest absolute Gasteiger partial charge is 0.481 e. The Kier molecular flexibility index (Phi) is 2.10. The number of nitrogens with zero attached hydrogens (tertiary/aromatic N) is 1. The van der Waals surface area contributed by atoms with Crippen molar-refractivity contribution in [1.29, 1.82) is 0 Å². The van der Waals surface area contributed by atoms with E-state index in [0.29, 0.717) is 11.6 Å². The van der Waals surface area contributed by atoms with Gasteiger partial charge >= 0.3 is 5.97 Å². The predicted octanol–water partition coefficient (Wildman–Crippen LogP) is 0.343. The third-order valence-electron chi connectivity index (χ3n) is 1.14. The molecule has 2 N–H and O–H groups in total. The van der Waals surface area contributed by atoms with Crippen LogP contribution < -0.4 is 5.32 Å². The summed E-state index contributed by atoms with van der Waals surface area (Å²) in [5.74, 6) is -0.442. The van der Waals surface area contributed by atoms with Crippen molar-refractivity contribution >= 4 is 11.9 Å². The van der Waals surface area contributed by atoms with E-state index in [1.54, 1.807) is 13.1 Å². The number of carboxylic acids is 1. The molecule has 5 heteroatoms. The number of aliphatic carboxylic acids is 1. The molecular weight excluding hydrogens is 148 g/mol. The Hall–Kier alpha value is -1.52. The second-order valence-corrected chi connectivity index (χ2v) is 2.00. The van der Waals surface area contributed by atoms with Gasteiger partial charge in [-0.25, -0.2) is 0 Å². The summed E-state index contributed by atoms with van der Waals surface area (Å²) >= 11 is 0. The van der Waals surface area contributed by atoms with E-state index in [0.717, 1.165) is 0 Å². The average molecular weight is 156 g/mol. The SMILES string of the molecule is CNc1cc(CC(=O)O)no1. The summed E-state index contributed by atoms with van der Waals surface area (Å²) in [6, 6.07) is 1.55. The summed E-state index contributed by atoms with van der Waals surface area (Å²) in [5, 5.41) is 14.6. The van der Waals surface area contributed by atoms with Crippen LogP contribution in [0.4, 0.5) is 5.88 Å². The lowest BCUT2D eigenvalue weighted by molar-refractivity contribution is -0.136. The Morgan fingerprint density at radius 3 is 3.09 bits per heavy atom. The van der Waals surface area contributed by atoms with Crippen LogP contribution in [0.25, 0.3) is 0 Å². The first-order valence-electron chi connectivity index (χ1n) is 3.07. The number of rotatable bonds is 3. The van der Waals surface area contributed by atoms with Crippen LogP contribution in [0.2, 0.25) is 0 Å². The number of carbonyl (C=O) groups is 1. The molecule has 5 nitrogen and oxygen atoms in total. The van der Waals surface area contributed by atoms with Gasteiger partial charge in [-0.3, -0.25) is 4.79 Å². The summed E-state index contributed by atoms with van der Waals surface area (Å²) < 4.78 is 4.69. The molecule has 60 valence electrons. The normalized spacial score (nSPS) is 9.55. The van der Waals surface area contributed by atoms with Crippen LogP contribution in [0.3, 0.4) is 0 Å². The van der Waals surface area contributed by atoms with E-state index in [-0.39, 0.29) is 6.42 Å². The van der Waals surface area contributed by atoms with Crippen molar-refractivity contribution in [3.63, 3.8) is 0 Å². The molecule has 0 saturated carbocycles. The van der Waals surface area contributed by atoms with Gasteiger partial charge < -0.3 is 14.9 Å². The topological polar surface area (TPSA) is 75.4 Å². The molecule has 0 aliphatic heterocycles. The second kappa shape index (κ2) is 3.05. The molecule has 1 aromatic heterocycles. The van der Waals surface area contributed by atoms with Crippen molar-refractivity contribution in [3.8, 4) is 0 Å². The zero-order chi connectivity index (χ0) is 8.27. The fourth-order valence-electron chi connectivity index (χ4n) is 0.668. The van der Waals surface area contributed by atoms with Gasteiger partial charge in [-0.1, -0.05) is 5.16 Å². The number of carboxylic acid groups (broad SMARTS) is 1. The Morgan fingerprint density at radius 2 is 2.64 bits per heavy atom. The Balaban J connectivity index is 2.65. The van der Waals surface area contributed by atoms with Crippen LogP contribution in [0.5, 0.6) is 0 Å². The highest BCUT2D eigenvalue weighted by atomic mass is 16.5. The third-order valence-corrected chi connectivity index (χ3v) is 1.14. The predicted molar refractivity (Wildman–Crippen MR) is 37.4 cm³/mol. The van der Waals surface area contributed by atoms with Crippen molar-refractivity contribution in [2.24, 2.45) is 0 Å². The first kappa shape index (κ1) is 7.59. The fraction of sp³-hybridized carbons (Fsp3) is 0.333. The van der Waals surface area contributed by atoms with Crippen LogP contribution in [0.15, 0.2) is 10.6 Å². The lowest BCUT2D eigenvalue weighted by atomic mass is 10.3. The van der Waals surface area contributed by atoms with Crippen LogP contribution in [0, 0.1) is 0 Å². The van der Waals surface area contributed by atoms with Gasteiger partial charge in [0.1, 0.15) is 0 Å². The van der Waals surface area contributed by atoms with E-state index in [1.807, 2.05) is 0 Å². The number of hydrogen-bond acceptors (Lipinski definition) is 4. The molecule has 1 heterocycles. The summed E-state index contributed by atoms with van der Waals surface area (Å²) in [5.41, 5.74) is 0.418. The number of nitrogens with one attached hydrogen (secondary N) is 1. The van der Waals surface area contributed by atoms with Gasteiger partial charge in [-0.05, 0) is 0 Å². The fourth-order valence-corrected chi connectivity index (χ4v) is 0.668. The maximum absolute atomic E-state index is 10.2. The van der Waals surface area contributed by atoms with Crippen molar-refractivity contribution < 1.29 is 14.4 Å². The van der Waals surface area contributed by atoms with Gasteiger partial charge in [0, 0.05) is 13.1 Å². The van der Waals surface area contributed by atoms with E-state index < -0.39 is 5.97 Å². The summed E-state index contributed by atoms with van der Waals surface area (Å²) in [7, 11) is 1.67. The lowest BCUT2D eigenvalue weighted by Gasteiger charge is -1.84. The molecular formula is C6H8N2O3.